The summed E-state index contributed by atoms with van der Waals surface area (Å²) in [6.45, 7) is 13.1. The molecule has 2 heteroatoms. The Bertz CT molecular complexity index is 583. The van der Waals surface area contributed by atoms with E-state index < -0.39 is 0 Å². The van der Waals surface area contributed by atoms with E-state index >= 15 is 0 Å². The summed E-state index contributed by atoms with van der Waals surface area (Å²) in [5, 5.41) is 4.78. The molecule has 2 rings (SSSR count). The summed E-state index contributed by atoms with van der Waals surface area (Å²) in [5.41, 5.74) is 3.82. The van der Waals surface area contributed by atoms with Gasteiger partial charge in [-0.25, -0.2) is 0 Å². The maximum atomic E-state index is 6.30. The number of nitrogens with one attached hydrogen (secondary N) is 1. The topological polar surface area (TPSA) is 25.2 Å². The Labute approximate surface area is 128 Å². The first-order valence-electron chi connectivity index (χ1n) is 8.34. The van der Waals surface area contributed by atoms with Crippen molar-refractivity contribution in [1.29, 1.82) is 0 Å². The van der Waals surface area contributed by atoms with Gasteiger partial charge in [0.2, 0.25) is 0 Å². The second-order valence-electron chi connectivity index (χ2n) is 6.30. The van der Waals surface area contributed by atoms with Crippen molar-refractivity contribution in [3.05, 3.63) is 35.1 Å². The number of hydrogen-bond donors (Lipinski definition) is 1. The first kappa shape index (κ1) is 16.1. The largest absolute Gasteiger partial charge is 0.459 e. The maximum absolute atomic E-state index is 6.30. The van der Waals surface area contributed by atoms with Crippen LogP contribution >= 0.6 is 0 Å². The molecule has 0 aliphatic carbocycles. The van der Waals surface area contributed by atoms with Crippen LogP contribution in [0.4, 0.5) is 0 Å². The van der Waals surface area contributed by atoms with Crippen LogP contribution in [0.1, 0.15) is 76.2 Å². The summed E-state index contributed by atoms with van der Waals surface area (Å²) < 4.78 is 6.30. The molecule has 21 heavy (non-hydrogen) atoms. The van der Waals surface area contributed by atoms with Crippen LogP contribution in [0.3, 0.4) is 0 Å². The molecule has 1 aromatic carbocycles. The van der Waals surface area contributed by atoms with Gasteiger partial charge in [0.1, 0.15) is 11.3 Å². The average Bonchev–Trinajstić information content (AvgIpc) is 2.84. The summed E-state index contributed by atoms with van der Waals surface area (Å²) in [7, 11) is 0. The van der Waals surface area contributed by atoms with Gasteiger partial charge < -0.3 is 9.73 Å². The number of furan rings is 1. The Balaban J connectivity index is 2.50. The number of rotatable bonds is 7. The van der Waals surface area contributed by atoms with Crippen molar-refractivity contribution in [2.75, 3.05) is 6.54 Å². The van der Waals surface area contributed by atoms with Gasteiger partial charge in [-0.1, -0.05) is 52.8 Å². The zero-order valence-electron chi connectivity index (χ0n) is 14.1. The minimum Gasteiger partial charge on any atom is -0.459 e. The van der Waals surface area contributed by atoms with Crippen molar-refractivity contribution >= 4 is 11.0 Å². The molecule has 0 bridgehead atoms. The monoisotopic (exact) mass is 287 g/mol. The highest BCUT2D eigenvalue weighted by molar-refractivity contribution is 5.86. The SMILES string of the molecule is CCCNCc1oc2c(C(C)CC)cccc2c1C(C)C. The van der Waals surface area contributed by atoms with Crippen LogP contribution in [-0.4, -0.2) is 6.54 Å². The Hall–Kier alpha value is -1.28. The van der Waals surface area contributed by atoms with Crippen LogP contribution in [0.5, 0.6) is 0 Å². The molecule has 0 saturated carbocycles. The van der Waals surface area contributed by atoms with E-state index in [0.29, 0.717) is 11.8 Å². The van der Waals surface area contributed by atoms with Gasteiger partial charge in [0.15, 0.2) is 0 Å². The first-order chi connectivity index (χ1) is 10.1. The number of benzene rings is 1. The van der Waals surface area contributed by atoms with Crippen molar-refractivity contribution in [1.82, 2.24) is 5.32 Å². The van der Waals surface area contributed by atoms with Crippen molar-refractivity contribution < 1.29 is 4.42 Å². The standard InChI is InChI=1S/C19H29NO/c1-6-11-20-12-17-18(13(3)4)16-10-8-9-15(14(5)7-2)19(16)21-17/h8-10,13-14,20H,6-7,11-12H2,1-5H3. The van der Waals surface area contributed by atoms with Gasteiger partial charge in [0.25, 0.3) is 0 Å². The third-order valence-electron chi connectivity index (χ3n) is 4.29. The molecule has 1 unspecified atom stereocenters. The van der Waals surface area contributed by atoms with Gasteiger partial charge in [-0.15, -0.1) is 0 Å². The molecule has 0 amide bonds. The lowest BCUT2D eigenvalue weighted by atomic mass is 9.93. The van der Waals surface area contributed by atoms with Gasteiger partial charge in [0, 0.05) is 10.9 Å². The lowest BCUT2D eigenvalue weighted by molar-refractivity contribution is 0.500. The maximum Gasteiger partial charge on any atom is 0.138 e. The molecule has 0 aliphatic heterocycles. The highest BCUT2D eigenvalue weighted by Gasteiger charge is 2.20. The number of fused-ring (bicyclic) bond motifs is 1. The Morgan fingerprint density at radius 1 is 1.14 bits per heavy atom. The third-order valence-corrected chi connectivity index (χ3v) is 4.29. The minimum absolute atomic E-state index is 0.483. The molecule has 0 radical (unpaired) electrons. The summed E-state index contributed by atoms with van der Waals surface area (Å²) >= 11 is 0. The molecule has 116 valence electrons. The zero-order valence-corrected chi connectivity index (χ0v) is 14.1. The number of para-hydroxylation sites is 1. The molecule has 1 N–H and O–H groups in total. The summed E-state index contributed by atoms with van der Waals surface area (Å²) in [6.07, 6.45) is 2.29. The molecule has 0 saturated heterocycles. The molecule has 1 aromatic heterocycles. The fraction of sp³-hybridized carbons (Fsp3) is 0.579. The lowest BCUT2D eigenvalue weighted by Gasteiger charge is -2.09. The van der Waals surface area contributed by atoms with Crippen LogP contribution < -0.4 is 5.32 Å². The van der Waals surface area contributed by atoms with Crippen molar-refractivity contribution in [3.8, 4) is 0 Å². The molecular formula is C19H29NO. The molecule has 1 atom stereocenters. The normalized spacial score (nSPS) is 13.2. The highest BCUT2D eigenvalue weighted by atomic mass is 16.3. The summed E-state index contributed by atoms with van der Waals surface area (Å²) in [6, 6.07) is 6.60. The van der Waals surface area contributed by atoms with E-state index in [0.717, 1.165) is 37.3 Å². The van der Waals surface area contributed by atoms with Gasteiger partial charge in [-0.05, 0) is 36.8 Å². The van der Waals surface area contributed by atoms with E-state index in [4.69, 9.17) is 4.42 Å². The second kappa shape index (κ2) is 7.13. The van der Waals surface area contributed by atoms with E-state index in [2.05, 4.69) is 58.1 Å². The molecule has 0 spiro atoms. The van der Waals surface area contributed by atoms with E-state index in [-0.39, 0.29) is 0 Å². The van der Waals surface area contributed by atoms with Crippen molar-refractivity contribution in [2.45, 2.75) is 65.8 Å². The van der Waals surface area contributed by atoms with Gasteiger partial charge in [-0.2, -0.15) is 0 Å². The smallest absolute Gasteiger partial charge is 0.138 e. The third kappa shape index (κ3) is 3.32. The quantitative estimate of drug-likeness (QED) is 0.673. The van der Waals surface area contributed by atoms with Crippen molar-refractivity contribution in [2.24, 2.45) is 0 Å². The lowest BCUT2D eigenvalue weighted by Crippen LogP contribution is -2.14. The van der Waals surface area contributed by atoms with Crippen LogP contribution in [0.25, 0.3) is 11.0 Å². The molecule has 2 aromatic rings. The van der Waals surface area contributed by atoms with E-state index in [1.165, 1.54) is 16.5 Å². The Morgan fingerprint density at radius 3 is 2.52 bits per heavy atom. The Morgan fingerprint density at radius 2 is 1.90 bits per heavy atom. The average molecular weight is 287 g/mol. The predicted octanol–water partition coefficient (Wildman–Crippen LogP) is 5.57. The molecule has 1 heterocycles. The van der Waals surface area contributed by atoms with Gasteiger partial charge in [0.05, 0.1) is 6.54 Å². The van der Waals surface area contributed by atoms with E-state index in [1.807, 2.05) is 0 Å². The van der Waals surface area contributed by atoms with Crippen LogP contribution in [0.15, 0.2) is 22.6 Å². The van der Waals surface area contributed by atoms with Gasteiger partial charge in [-0.3, -0.25) is 0 Å². The minimum atomic E-state index is 0.483. The summed E-state index contributed by atoms with van der Waals surface area (Å²) in [5.74, 6) is 2.14. The molecule has 0 fully saturated rings. The first-order valence-corrected chi connectivity index (χ1v) is 8.34. The van der Waals surface area contributed by atoms with E-state index in [1.54, 1.807) is 0 Å². The summed E-state index contributed by atoms with van der Waals surface area (Å²) in [4.78, 5) is 0. The van der Waals surface area contributed by atoms with Crippen LogP contribution in [-0.2, 0) is 6.54 Å². The zero-order chi connectivity index (χ0) is 15.4. The van der Waals surface area contributed by atoms with Crippen LogP contribution in [0, 0.1) is 0 Å². The Kier molecular flexibility index (Phi) is 5.46. The second-order valence-corrected chi connectivity index (χ2v) is 6.30. The highest BCUT2D eigenvalue weighted by Crippen LogP contribution is 2.36. The molecular weight excluding hydrogens is 258 g/mol. The molecule has 0 aliphatic rings. The number of hydrogen-bond acceptors (Lipinski definition) is 2. The van der Waals surface area contributed by atoms with Gasteiger partial charge >= 0.3 is 0 Å². The predicted molar refractivity (Wildman–Crippen MR) is 91.0 cm³/mol. The fourth-order valence-electron chi connectivity index (χ4n) is 2.96. The van der Waals surface area contributed by atoms with E-state index in [9.17, 15) is 0 Å². The van der Waals surface area contributed by atoms with Crippen LogP contribution in [0.2, 0.25) is 0 Å². The molecule has 2 nitrogen and oxygen atoms in total. The fourth-order valence-corrected chi connectivity index (χ4v) is 2.96. The van der Waals surface area contributed by atoms with Crippen molar-refractivity contribution in [3.63, 3.8) is 0 Å².